The Bertz CT molecular complexity index is 180. The number of halogens is 1. The van der Waals surface area contributed by atoms with Crippen molar-refractivity contribution in [3.63, 3.8) is 0 Å². The number of rotatable bonds is 7. The van der Waals surface area contributed by atoms with E-state index in [1.807, 2.05) is 0 Å². The molecule has 0 rings (SSSR count). The van der Waals surface area contributed by atoms with E-state index >= 15 is 0 Å². The molecule has 0 fully saturated rings. The van der Waals surface area contributed by atoms with Crippen LogP contribution in [0.1, 0.15) is 47.0 Å². The lowest BCUT2D eigenvalue weighted by Gasteiger charge is -2.40. The molecule has 0 saturated carbocycles. The van der Waals surface area contributed by atoms with E-state index in [0.29, 0.717) is 0 Å². The highest BCUT2D eigenvalue weighted by Gasteiger charge is 2.38. The van der Waals surface area contributed by atoms with E-state index in [9.17, 15) is 5.11 Å². The molecule has 3 heteroatoms. The minimum atomic E-state index is -0.467. The summed E-state index contributed by atoms with van der Waals surface area (Å²) in [5.74, 6) is 0.286. The molecule has 92 valence electrons. The molecule has 0 aromatic carbocycles. The van der Waals surface area contributed by atoms with Gasteiger partial charge in [-0.1, -0.05) is 20.8 Å². The Balaban J connectivity index is 4.68. The first-order valence-electron chi connectivity index (χ1n) is 5.66. The second kappa shape index (κ2) is 6.07. The van der Waals surface area contributed by atoms with E-state index in [1.165, 1.54) is 0 Å². The van der Waals surface area contributed by atoms with E-state index in [4.69, 9.17) is 16.3 Å². The van der Waals surface area contributed by atoms with Crippen molar-refractivity contribution in [3.8, 4) is 0 Å². The summed E-state index contributed by atoms with van der Waals surface area (Å²) < 4.78 is 5.52. The molecule has 0 aliphatic heterocycles. The van der Waals surface area contributed by atoms with Crippen LogP contribution in [-0.2, 0) is 4.74 Å². The third kappa shape index (κ3) is 3.93. The first-order chi connectivity index (χ1) is 6.87. The average molecular weight is 237 g/mol. The normalized spacial score (nSPS) is 21.8. The van der Waals surface area contributed by atoms with Crippen LogP contribution < -0.4 is 0 Å². The first-order valence-corrected chi connectivity index (χ1v) is 6.20. The molecule has 0 bridgehead atoms. The Hall–Kier alpha value is 0.210. The monoisotopic (exact) mass is 236 g/mol. The van der Waals surface area contributed by atoms with Crippen LogP contribution in [0.15, 0.2) is 0 Å². The summed E-state index contributed by atoms with van der Waals surface area (Å²) in [6.07, 6.45) is 2.20. The van der Waals surface area contributed by atoms with Gasteiger partial charge in [0.2, 0.25) is 0 Å². The van der Waals surface area contributed by atoms with Crippen LogP contribution in [0.4, 0.5) is 0 Å². The van der Waals surface area contributed by atoms with Gasteiger partial charge in [-0.15, -0.1) is 11.6 Å². The zero-order chi connectivity index (χ0) is 12.1. The molecule has 0 saturated heterocycles. The lowest BCUT2D eigenvalue weighted by molar-refractivity contribution is -0.0658. The van der Waals surface area contributed by atoms with Crippen LogP contribution in [0, 0.1) is 5.41 Å². The number of hydrogen-bond acceptors (Lipinski definition) is 2. The maximum atomic E-state index is 9.94. The molecular weight excluding hydrogens is 212 g/mol. The number of aliphatic hydroxyl groups excluding tert-OH is 1. The topological polar surface area (TPSA) is 29.5 Å². The van der Waals surface area contributed by atoms with Crippen molar-refractivity contribution < 1.29 is 9.84 Å². The molecule has 1 N–H and O–H groups in total. The zero-order valence-corrected chi connectivity index (χ0v) is 11.4. The van der Waals surface area contributed by atoms with Crippen LogP contribution >= 0.6 is 11.6 Å². The van der Waals surface area contributed by atoms with E-state index in [0.717, 1.165) is 19.3 Å². The van der Waals surface area contributed by atoms with Crippen LogP contribution in [0.2, 0.25) is 0 Å². The van der Waals surface area contributed by atoms with Gasteiger partial charge in [0.1, 0.15) is 0 Å². The van der Waals surface area contributed by atoms with Gasteiger partial charge in [-0.25, -0.2) is 0 Å². The van der Waals surface area contributed by atoms with Gasteiger partial charge in [0.15, 0.2) is 0 Å². The van der Waals surface area contributed by atoms with Gasteiger partial charge in [-0.05, 0) is 31.6 Å². The molecule has 0 spiro atoms. The molecule has 0 aromatic rings. The Morgan fingerprint density at radius 2 is 1.80 bits per heavy atom. The Kier molecular flexibility index (Phi) is 6.16. The molecular formula is C12H25ClO2. The summed E-state index contributed by atoms with van der Waals surface area (Å²) in [5.41, 5.74) is -0.333. The molecule has 3 atom stereocenters. The Labute approximate surface area is 99.0 Å². The predicted octanol–water partition coefficient (Wildman–Crippen LogP) is 3.21. The maximum absolute atomic E-state index is 9.94. The highest BCUT2D eigenvalue weighted by molar-refractivity contribution is 6.18. The van der Waals surface area contributed by atoms with Gasteiger partial charge in [0.25, 0.3) is 0 Å². The van der Waals surface area contributed by atoms with Crippen LogP contribution in [-0.4, -0.2) is 29.8 Å². The van der Waals surface area contributed by atoms with Gasteiger partial charge < -0.3 is 9.84 Å². The molecule has 0 aliphatic rings. The number of ether oxygens (including phenoxy) is 1. The van der Waals surface area contributed by atoms with Crippen molar-refractivity contribution >= 4 is 11.6 Å². The Morgan fingerprint density at radius 3 is 2.07 bits per heavy atom. The predicted molar refractivity (Wildman–Crippen MR) is 65.4 cm³/mol. The molecule has 3 unspecified atom stereocenters. The lowest BCUT2D eigenvalue weighted by Crippen LogP contribution is -2.41. The molecule has 0 aromatic heterocycles. The molecule has 2 nitrogen and oxygen atoms in total. The standard InChI is InChI=1S/C12H25ClO2/c1-6-11(3,10(14)8-13)9-12(4,7-2)15-5/h10,14H,6-9H2,1-5H3. The number of hydrogen-bond donors (Lipinski definition) is 1. The van der Waals surface area contributed by atoms with E-state index in [-0.39, 0.29) is 16.9 Å². The first kappa shape index (κ1) is 15.2. The third-order valence-corrected chi connectivity index (χ3v) is 4.07. The van der Waals surface area contributed by atoms with Gasteiger partial charge in [-0.2, -0.15) is 0 Å². The summed E-state index contributed by atoms with van der Waals surface area (Å²) in [5, 5.41) is 9.94. The average Bonchev–Trinajstić information content (AvgIpc) is 2.27. The van der Waals surface area contributed by atoms with Crippen molar-refractivity contribution in [2.24, 2.45) is 5.41 Å². The summed E-state index contributed by atoms with van der Waals surface area (Å²) in [7, 11) is 1.73. The SMILES string of the molecule is CCC(C)(CC(C)(CC)C(O)CCl)OC. The smallest absolute Gasteiger partial charge is 0.0729 e. The molecule has 0 aliphatic carbocycles. The zero-order valence-electron chi connectivity index (χ0n) is 10.6. The fraction of sp³-hybridized carbons (Fsp3) is 1.00. The largest absolute Gasteiger partial charge is 0.391 e. The highest BCUT2D eigenvalue weighted by Crippen LogP contribution is 2.38. The van der Waals surface area contributed by atoms with Gasteiger partial charge in [0, 0.05) is 13.0 Å². The minimum absolute atomic E-state index is 0.164. The molecule has 15 heavy (non-hydrogen) atoms. The van der Waals surface area contributed by atoms with Crippen LogP contribution in [0.5, 0.6) is 0 Å². The van der Waals surface area contributed by atoms with Gasteiger partial charge in [-0.3, -0.25) is 0 Å². The highest BCUT2D eigenvalue weighted by atomic mass is 35.5. The lowest BCUT2D eigenvalue weighted by atomic mass is 9.73. The maximum Gasteiger partial charge on any atom is 0.0729 e. The molecule has 0 radical (unpaired) electrons. The van der Waals surface area contributed by atoms with Crippen molar-refractivity contribution in [1.82, 2.24) is 0 Å². The number of methoxy groups -OCH3 is 1. The number of aliphatic hydroxyl groups is 1. The van der Waals surface area contributed by atoms with Crippen LogP contribution in [0.3, 0.4) is 0 Å². The van der Waals surface area contributed by atoms with E-state index in [1.54, 1.807) is 7.11 Å². The molecule has 0 amide bonds. The summed E-state index contributed by atoms with van der Waals surface area (Å²) in [6.45, 7) is 8.35. The third-order valence-electron chi connectivity index (χ3n) is 3.78. The van der Waals surface area contributed by atoms with E-state index < -0.39 is 6.10 Å². The number of alkyl halides is 1. The van der Waals surface area contributed by atoms with Crippen molar-refractivity contribution in [3.05, 3.63) is 0 Å². The van der Waals surface area contributed by atoms with Crippen molar-refractivity contribution in [2.75, 3.05) is 13.0 Å². The fourth-order valence-corrected chi connectivity index (χ4v) is 2.23. The van der Waals surface area contributed by atoms with Crippen LogP contribution in [0.25, 0.3) is 0 Å². The summed E-state index contributed by atoms with van der Waals surface area (Å²) in [6, 6.07) is 0. The van der Waals surface area contributed by atoms with Crippen molar-refractivity contribution in [2.45, 2.75) is 58.7 Å². The van der Waals surface area contributed by atoms with Crippen molar-refractivity contribution in [1.29, 1.82) is 0 Å². The van der Waals surface area contributed by atoms with Gasteiger partial charge in [0.05, 0.1) is 11.7 Å². The second-order valence-corrected chi connectivity index (χ2v) is 5.17. The molecule has 0 heterocycles. The summed E-state index contributed by atoms with van der Waals surface area (Å²) >= 11 is 5.74. The van der Waals surface area contributed by atoms with E-state index in [2.05, 4.69) is 27.7 Å². The minimum Gasteiger partial charge on any atom is -0.391 e. The fourth-order valence-electron chi connectivity index (χ4n) is 1.86. The Morgan fingerprint density at radius 1 is 1.27 bits per heavy atom. The summed E-state index contributed by atoms with van der Waals surface area (Å²) in [4.78, 5) is 0. The quantitative estimate of drug-likeness (QED) is 0.688. The second-order valence-electron chi connectivity index (χ2n) is 4.86. The van der Waals surface area contributed by atoms with Gasteiger partial charge >= 0.3 is 0 Å².